The molecule has 0 bridgehead atoms. The van der Waals surface area contributed by atoms with Gasteiger partial charge in [0.05, 0.1) is 7.11 Å². The van der Waals surface area contributed by atoms with Crippen molar-refractivity contribution >= 4 is 11.6 Å². The van der Waals surface area contributed by atoms with E-state index in [1.807, 2.05) is 0 Å². The lowest BCUT2D eigenvalue weighted by molar-refractivity contribution is 0.415. The zero-order chi connectivity index (χ0) is 16.2. The summed E-state index contributed by atoms with van der Waals surface area (Å²) in [6.07, 6.45) is 0. The highest BCUT2D eigenvalue weighted by Gasteiger charge is 2.08. The van der Waals surface area contributed by atoms with Gasteiger partial charge in [-0.05, 0) is 36.4 Å². The molecule has 0 amide bonds. The van der Waals surface area contributed by atoms with Crippen LogP contribution in [-0.4, -0.2) is 27.4 Å². The summed E-state index contributed by atoms with van der Waals surface area (Å²) in [6, 6.07) is 13.4. The van der Waals surface area contributed by atoms with Gasteiger partial charge in [-0.3, -0.25) is 9.78 Å². The number of aromatic amines is 1. The third kappa shape index (κ3) is 3.29. The van der Waals surface area contributed by atoms with Gasteiger partial charge in [0.25, 0.3) is 5.56 Å². The number of rotatable bonds is 4. The number of H-pyrrole nitrogens is 1. The van der Waals surface area contributed by atoms with Gasteiger partial charge in [-0.15, -0.1) is 10.2 Å². The molecule has 0 saturated heterocycles. The fourth-order valence-corrected chi connectivity index (χ4v) is 2.05. The maximum atomic E-state index is 12.2. The van der Waals surface area contributed by atoms with Gasteiger partial charge in [-0.2, -0.15) is 0 Å². The first-order valence-corrected chi connectivity index (χ1v) is 6.83. The molecule has 3 rings (SSSR count). The van der Waals surface area contributed by atoms with Gasteiger partial charge in [0.1, 0.15) is 11.5 Å². The number of aromatic nitrogens is 3. The average molecular weight is 310 g/mol. The Hall–Kier alpha value is -3.35. The quantitative estimate of drug-likeness (QED) is 0.683. The fraction of sp³-hybridized carbons (Fsp3) is 0.0625. The summed E-state index contributed by atoms with van der Waals surface area (Å²) in [7, 11) is 1.57. The predicted octanol–water partition coefficient (Wildman–Crippen LogP) is 2.29. The monoisotopic (exact) mass is 310 g/mol. The van der Waals surface area contributed by atoms with E-state index in [0.717, 1.165) is 0 Å². The standard InChI is InChI=1S/C16H14N4O3/c1-23-13-7-5-10(6-8-13)14-15(22)18-16(20-19-14)17-11-3-2-4-12(21)9-11/h2-9,21H,1H3,(H2,17,18,20,22). The highest BCUT2D eigenvalue weighted by molar-refractivity contribution is 5.60. The SMILES string of the molecule is COc1ccc(-c2nnc(Nc3cccc(O)c3)[nH]c2=O)cc1. The number of methoxy groups -OCH3 is 1. The van der Waals surface area contributed by atoms with Crippen molar-refractivity contribution in [1.82, 2.24) is 15.2 Å². The van der Waals surface area contributed by atoms with Gasteiger partial charge in [0, 0.05) is 17.3 Å². The Morgan fingerprint density at radius 1 is 1.13 bits per heavy atom. The highest BCUT2D eigenvalue weighted by atomic mass is 16.5. The summed E-state index contributed by atoms with van der Waals surface area (Å²) < 4.78 is 5.08. The van der Waals surface area contributed by atoms with Gasteiger partial charge in [0.15, 0.2) is 5.69 Å². The van der Waals surface area contributed by atoms with Crippen LogP contribution in [0.3, 0.4) is 0 Å². The van der Waals surface area contributed by atoms with E-state index >= 15 is 0 Å². The molecule has 0 aliphatic carbocycles. The number of ether oxygens (including phenoxy) is 1. The maximum Gasteiger partial charge on any atom is 0.279 e. The van der Waals surface area contributed by atoms with Crippen molar-refractivity contribution in [2.45, 2.75) is 0 Å². The Balaban J connectivity index is 1.86. The lowest BCUT2D eigenvalue weighted by atomic mass is 10.1. The fourth-order valence-electron chi connectivity index (χ4n) is 2.05. The molecule has 3 N–H and O–H groups in total. The van der Waals surface area contributed by atoms with E-state index < -0.39 is 0 Å². The molecule has 0 aliphatic rings. The summed E-state index contributed by atoms with van der Waals surface area (Å²) >= 11 is 0. The van der Waals surface area contributed by atoms with Crippen LogP contribution >= 0.6 is 0 Å². The second-order valence-corrected chi connectivity index (χ2v) is 4.76. The number of aromatic hydroxyl groups is 1. The van der Waals surface area contributed by atoms with Crippen LogP contribution in [0.15, 0.2) is 53.3 Å². The smallest absolute Gasteiger partial charge is 0.279 e. The van der Waals surface area contributed by atoms with Crippen molar-refractivity contribution in [1.29, 1.82) is 0 Å². The van der Waals surface area contributed by atoms with Crippen LogP contribution in [0, 0.1) is 0 Å². The molecule has 23 heavy (non-hydrogen) atoms. The molecular formula is C16H14N4O3. The number of benzene rings is 2. The first-order chi connectivity index (χ1) is 11.2. The van der Waals surface area contributed by atoms with Crippen molar-refractivity contribution in [2.75, 3.05) is 12.4 Å². The van der Waals surface area contributed by atoms with Crippen LogP contribution in [0.2, 0.25) is 0 Å². The number of hydrogen-bond donors (Lipinski definition) is 3. The summed E-state index contributed by atoms with van der Waals surface area (Å²) in [5, 5.41) is 20.2. The number of nitrogens with one attached hydrogen (secondary N) is 2. The van der Waals surface area contributed by atoms with E-state index in [1.54, 1.807) is 49.6 Å². The second kappa shape index (κ2) is 6.18. The molecule has 1 aromatic heterocycles. The van der Waals surface area contributed by atoms with E-state index in [2.05, 4.69) is 20.5 Å². The van der Waals surface area contributed by atoms with Crippen molar-refractivity contribution in [3.8, 4) is 22.8 Å². The van der Waals surface area contributed by atoms with Crippen molar-refractivity contribution in [3.05, 3.63) is 58.9 Å². The Kier molecular flexibility index (Phi) is 3.92. The van der Waals surface area contributed by atoms with Crippen molar-refractivity contribution < 1.29 is 9.84 Å². The molecule has 0 atom stereocenters. The zero-order valence-corrected chi connectivity index (χ0v) is 12.3. The van der Waals surface area contributed by atoms with E-state index in [9.17, 15) is 9.90 Å². The van der Waals surface area contributed by atoms with E-state index in [1.165, 1.54) is 6.07 Å². The average Bonchev–Trinajstić information content (AvgIpc) is 2.55. The highest BCUT2D eigenvalue weighted by Crippen LogP contribution is 2.19. The summed E-state index contributed by atoms with van der Waals surface area (Å²) in [6.45, 7) is 0. The molecule has 0 fully saturated rings. The molecule has 7 heteroatoms. The van der Waals surface area contributed by atoms with Crippen molar-refractivity contribution in [3.63, 3.8) is 0 Å². The van der Waals surface area contributed by atoms with E-state index in [-0.39, 0.29) is 23.0 Å². The van der Waals surface area contributed by atoms with Crippen LogP contribution in [0.1, 0.15) is 0 Å². The lowest BCUT2D eigenvalue weighted by Gasteiger charge is -2.06. The van der Waals surface area contributed by atoms with E-state index in [0.29, 0.717) is 17.0 Å². The Morgan fingerprint density at radius 3 is 2.57 bits per heavy atom. The van der Waals surface area contributed by atoms with Crippen molar-refractivity contribution in [2.24, 2.45) is 0 Å². The third-order valence-corrected chi connectivity index (χ3v) is 3.17. The minimum absolute atomic E-state index is 0.111. The first-order valence-electron chi connectivity index (χ1n) is 6.83. The molecule has 7 nitrogen and oxygen atoms in total. The molecule has 116 valence electrons. The molecule has 3 aromatic rings. The van der Waals surface area contributed by atoms with E-state index in [4.69, 9.17) is 4.74 Å². The summed E-state index contributed by atoms with van der Waals surface area (Å²) in [5.41, 5.74) is 1.08. The minimum Gasteiger partial charge on any atom is -0.508 e. The largest absolute Gasteiger partial charge is 0.508 e. The van der Waals surface area contributed by atoms with Gasteiger partial charge >= 0.3 is 0 Å². The first kappa shape index (κ1) is 14.6. The summed E-state index contributed by atoms with van der Waals surface area (Å²) in [4.78, 5) is 14.8. The molecular weight excluding hydrogens is 296 g/mol. The Bertz CT molecular complexity index is 875. The minimum atomic E-state index is -0.368. The third-order valence-electron chi connectivity index (χ3n) is 3.17. The number of nitrogens with zero attached hydrogens (tertiary/aromatic N) is 2. The molecule has 2 aromatic carbocycles. The topological polar surface area (TPSA) is 100 Å². The van der Waals surface area contributed by atoms with Gasteiger partial charge < -0.3 is 15.2 Å². The van der Waals surface area contributed by atoms with Crippen LogP contribution in [0.25, 0.3) is 11.3 Å². The number of phenolic OH excluding ortho intramolecular Hbond substituents is 1. The predicted molar refractivity (Wildman–Crippen MR) is 86.0 cm³/mol. The second-order valence-electron chi connectivity index (χ2n) is 4.76. The molecule has 1 heterocycles. The molecule has 0 unspecified atom stereocenters. The number of phenols is 1. The van der Waals surface area contributed by atoms with Crippen LogP contribution < -0.4 is 15.6 Å². The normalized spacial score (nSPS) is 10.3. The molecule has 0 radical (unpaired) electrons. The van der Waals surface area contributed by atoms with Gasteiger partial charge in [0.2, 0.25) is 5.95 Å². The van der Waals surface area contributed by atoms with Crippen LogP contribution in [-0.2, 0) is 0 Å². The Morgan fingerprint density at radius 2 is 1.91 bits per heavy atom. The van der Waals surface area contributed by atoms with Gasteiger partial charge in [-0.25, -0.2) is 0 Å². The van der Waals surface area contributed by atoms with Crippen LogP contribution in [0.5, 0.6) is 11.5 Å². The molecule has 0 spiro atoms. The van der Waals surface area contributed by atoms with Gasteiger partial charge in [-0.1, -0.05) is 6.07 Å². The number of anilines is 2. The lowest BCUT2D eigenvalue weighted by Crippen LogP contribution is -2.15. The van der Waals surface area contributed by atoms with Crippen LogP contribution in [0.4, 0.5) is 11.6 Å². The Labute approximate surface area is 131 Å². The maximum absolute atomic E-state index is 12.2. The number of hydrogen-bond acceptors (Lipinski definition) is 6. The zero-order valence-electron chi connectivity index (χ0n) is 12.3. The molecule has 0 saturated carbocycles. The molecule has 0 aliphatic heterocycles. The summed E-state index contributed by atoms with van der Waals surface area (Å²) in [5.74, 6) is 0.998.